The second kappa shape index (κ2) is 4.89. The number of aliphatic hydroxyl groups is 1. The lowest BCUT2D eigenvalue weighted by Gasteiger charge is -2.24. The maximum Gasteiger partial charge on any atom is 0.0816 e. The number of hydrogen-bond donors (Lipinski definition) is 1. The van der Waals surface area contributed by atoms with Crippen LogP contribution in [0.1, 0.15) is 42.9 Å². The number of fused-ring (bicyclic) bond motifs is 1. The van der Waals surface area contributed by atoms with Gasteiger partial charge in [0.25, 0.3) is 0 Å². The molecule has 0 bridgehead atoms. The molecule has 2 nitrogen and oxygen atoms in total. The first-order chi connectivity index (χ1) is 8.19. The fourth-order valence-corrected chi connectivity index (χ4v) is 2.57. The quantitative estimate of drug-likeness (QED) is 0.866. The van der Waals surface area contributed by atoms with Gasteiger partial charge in [-0.1, -0.05) is 18.2 Å². The molecule has 1 N–H and O–H groups in total. The van der Waals surface area contributed by atoms with Crippen molar-refractivity contribution in [3.63, 3.8) is 0 Å². The van der Waals surface area contributed by atoms with Gasteiger partial charge in [-0.2, -0.15) is 5.26 Å². The van der Waals surface area contributed by atoms with Crippen molar-refractivity contribution in [1.82, 2.24) is 0 Å². The lowest BCUT2D eigenvalue weighted by Crippen LogP contribution is -2.22. The van der Waals surface area contributed by atoms with E-state index in [-0.39, 0.29) is 6.61 Å². The van der Waals surface area contributed by atoms with Crippen LogP contribution in [0.4, 0.5) is 0 Å². The standard InChI is InChI=1S/C15H19NO/c1-15(11-16,8-9-17)14-7-6-12-4-2-3-5-13(12)10-14/h6-7,10,17H,2-5,8-9H2,1H3. The molecule has 0 saturated carbocycles. The predicted octanol–water partition coefficient (Wildman–Crippen LogP) is 2.73. The molecule has 0 fully saturated rings. The zero-order valence-electron chi connectivity index (χ0n) is 10.4. The van der Waals surface area contributed by atoms with Crippen LogP contribution in [0.3, 0.4) is 0 Å². The van der Waals surface area contributed by atoms with Crippen LogP contribution in [0.25, 0.3) is 0 Å². The molecule has 0 heterocycles. The van der Waals surface area contributed by atoms with Crippen LogP contribution < -0.4 is 0 Å². The third-order valence-corrected chi connectivity index (χ3v) is 3.84. The molecule has 90 valence electrons. The Hall–Kier alpha value is -1.33. The summed E-state index contributed by atoms with van der Waals surface area (Å²) in [6, 6.07) is 8.74. The largest absolute Gasteiger partial charge is 0.396 e. The molecule has 0 aliphatic heterocycles. The monoisotopic (exact) mass is 229 g/mol. The van der Waals surface area contributed by atoms with Crippen LogP contribution >= 0.6 is 0 Å². The van der Waals surface area contributed by atoms with Crippen LogP contribution in [-0.4, -0.2) is 11.7 Å². The molecule has 1 aromatic rings. The highest BCUT2D eigenvalue weighted by molar-refractivity contribution is 5.40. The summed E-state index contributed by atoms with van der Waals surface area (Å²) in [5.41, 5.74) is 3.33. The number of aliphatic hydroxyl groups excluding tert-OH is 1. The van der Waals surface area contributed by atoms with Crippen molar-refractivity contribution < 1.29 is 5.11 Å². The van der Waals surface area contributed by atoms with Gasteiger partial charge < -0.3 is 5.11 Å². The van der Waals surface area contributed by atoms with E-state index in [0.29, 0.717) is 6.42 Å². The highest BCUT2D eigenvalue weighted by Gasteiger charge is 2.26. The van der Waals surface area contributed by atoms with Crippen molar-refractivity contribution in [3.8, 4) is 6.07 Å². The van der Waals surface area contributed by atoms with Crippen molar-refractivity contribution in [3.05, 3.63) is 34.9 Å². The Morgan fingerprint density at radius 2 is 2.00 bits per heavy atom. The molecule has 1 aromatic carbocycles. The molecule has 1 aliphatic rings. The minimum absolute atomic E-state index is 0.0567. The Kier molecular flexibility index (Phi) is 3.49. The van der Waals surface area contributed by atoms with Crippen LogP contribution in [0.2, 0.25) is 0 Å². The van der Waals surface area contributed by atoms with Gasteiger partial charge in [-0.05, 0) is 55.7 Å². The Balaban J connectivity index is 2.36. The van der Waals surface area contributed by atoms with E-state index in [1.807, 2.05) is 6.92 Å². The number of rotatable bonds is 3. The fraction of sp³-hybridized carbons (Fsp3) is 0.533. The van der Waals surface area contributed by atoms with Gasteiger partial charge in [0.15, 0.2) is 0 Å². The first-order valence-electron chi connectivity index (χ1n) is 6.34. The lowest BCUT2D eigenvalue weighted by molar-refractivity contribution is 0.264. The molecule has 1 atom stereocenters. The molecule has 0 amide bonds. The number of benzene rings is 1. The van der Waals surface area contributed by atoms with E-state index in [2.05, 4.69) is 24.3 Å². The van der Waals surface area contributed by atoms with Crippen LogP contribution in [0.5, 0.6) is 0 Å². The zero-order valence-corrected chi connectivity index (χ0v) is 10.4. The van der Waals surface area contributed by atoms with Crippen LogP contribution in [0.15, 0.2) is 18.2 Å². The molecular formula is C15H19NO. The minimum atomic E-state index is -0.554. The van der Waals surface area contributed by atoms with Gasteiger partial charge in [-0.25, -0.2) is 0 Å². The van der Waals surface area contributed by atoms with Gasteiger partial charge in [0.1, 0.15) is 0 Å². The molecule has 0 spiro atoms. The Morgan fingerprint density at radius 1 is 1.29 bits per heavy atom. The number of aryl methyl sites for hydroxylation is 2. The number of nitriles is 1. The summed E-state index contributed by atoms with van der Waals surface area (Å²) in [5, 5.41) is 18.4. The van der Waals surface area contributed by atoms with Crippen molar-refractivity contribution >= 4 is 0 Å². The van der Waals surface area contributed by atoms with Crippen LogP contribution in [0, 0.1) is 11.3 Å². The van der Waals surface area contributed by atoms with Gasteiger partial charge in [-0.3, -0.25) is 0 Å². The van der Waals surface area contributed by atoms with E-state index < -0.39 is 5.41 Å². The maximum atomic E-state index is 9.31. The van der Waals surface area contributed by atoms with Crippen LogP contribution in [-0.2, 0) is 18.3 Å². The van der Waals surface area contributed by atoms with Gasteiger partial charge in [-0.15, -0.1) is 0 Å². The molecule has 0 saturated heterocycles. The second-order valence-electron chi connectivity index (χ2n) is 5.11. The third kappa shape index (κ3) is 2.35. The number of hydrogen-bond acceptors (Lipinski definition) is 2. The SMILES string of the molecule is CC(C#N)(CCO)c1ccc2c(c1)CCCC2. The Labute approximate surface area is 103 Å². The van der Waals surface area contributed by atoms with Gasteiger partial charge in [0, 0.05) is 6.61 Å². The average Bonchev–Trinajstić information content (AvgIpc) is 2.38. The highest BCUT2D eigenvalue weighted by atomic mass is 16.3. The van der Waals surface area contributed by atoms with E-state index in [0.717, 1.165) is 12.0 Å². The van der Waals surface area contributed by atoms with Crippen molar-refractivity contribution in [2.45, 2.75) is 44.4 Å². The summed E-state index contributed by atoms with van der Waals surface area (Å²) in [5.74, 6) is 0. The summed E-state index contributed by atoms with van der Waals surface area (Å²) in [6.45, 7) is 1.97. The fourth-order valence-electron chi connectivity index (χ4n) is 2.57. The predicted molar refractivity (Wildman–Crippen MR) is 67.8 cm³/mol. The first kappa shape index (κ1) is 12.1. The molecule has 2 heteroatoms. The summed E-state index contributed by atoms with van der Waals surface area (Å²) in [6.07, 6.45) is 5.32. The normalized spacial score (nSPS) is 17.9. The lowest BCUT2D eigenvalue weighted by atomic mass is 9.78. The Bertz CT molecular complexity index is 447. The molecule has 1 aliphatic carbocycles. The molecule has 1 unspecified atom stereocenters. The Morgan fingerprint density at radius 3 is 2.65 bits per heavy atom. The summed E-state index contributed by atoms with van der Waals surface area (Å²) in [4.78, 5) is 0. The van der Waals surface area contributed by atoms with Gasteiger partial charge in [0.2, 0.25) is 0 Å². The molecule has 0 aromatic heterocycles. The van der Waals surface area contributed by atoms with Gasteiger partial charge >= 0.3 is 0 Å². The van der Waals surface area contributed by atoms with E-state index in [1.54, 1.807) is 0 Å². The van der Waals surface area contributed by atoms with E-state index >= 15 is 0 Å². The summed E-state index contributed by atoms with van der Waals surface area (Å²) >= 11 is 0. The van der Waals surface area contributed by atoms with E-state index in [9.17, 15) is 5.26 Å². The molecule has 17 heavy (non-hydrogen) atoms. The smallest absolute Gasteiger partial charge is 0.0816 e. The molecule has 2 rings (SSSR count). The van der Waals surface area contributed by atoms with Gasteiger partial charge in [0.05, 0.1) is 11.5 Å². The van der Waals surface area contributed by atoms with Crippen molar-refractivity contribution in [1.29, 1.82) is 5.26 Å². The molecule has 0 radical (unpaired) electrons. The zero-order chi connectivity index (χ0) is 12.3. The highest BCUT2D eigenvalue weighted by Crippen LogP contribution is 2.30. The van der Waals surface area contributed by atoms with Crippen molar-refractivity contribution in [2.75, 3.05) is 6.61 Å². The minimum Gasteiger partial charge on any atom is -0.396 e. The maximum absolute atomic E-state index is 9.31. The topological polar surface area (TPSA) is 44.0 Å². The van der Waals surface area contributed by atoms with E-state index in [1.165, 1.54) is 30.4 Å². The van der Waals surface area contributed by atoms with Crippen molar-refractivity contribution in [2.24, 2.45) is 0 Å². The number of nitrogens with zero attached hydrogens (tertiary/aromatic N) is 1. The summed E-state index contributed by atoms with van der Waals surface area (Å²) in [7, 11) is 0. The molecular weight excluding hydrogens is 210 g/mol. The van der Waals surface area contributed by atoms with E-state index in [4.69, 9.17) is 5.11 Å². The summed E-state index contributed by atoms with van der Waals surface area (Å²) < 4.78 is 0. The third-order valence-electron chi connectivity index (χ3n) is 3.84. The first-order valence-corrected chi connectivity index (χ1v) is 6.34. The second-order valence-corrected chi connectivity index (χ2v) is 5.11. The average molecular weight is 229 g/mol.